The molecule has 0 radical (unpaired) electrons. The van der Waals surface area contributed by atoms with Crippen LogP contribution >= 0.6 is 0 Å². The summed E-state index contributed by atoms with van der Waals surface area (Å²) in [5.74, 6) is 2.94. The van der Waals surface area contributed by atoms with Gasteiger partial charge in [0.1, 0.15) is 23.9 Å². The topological polar surface area (TPSA) is 106 Å². The monoisotopic (exact) mass is 699 g/mol. The summed E-state index contributed by atoms with van der Waals surface area (Å²) in [7, 11) is 6.35. The van der Waals surface area contributed by atoms with E-state index in [1.807, 2.05) is 36.4 Å². The number of aliphatic hydroxyl groups is 1. The number of fused-ring (bicyclic) bond motifs is 1. The zero-order chi connectivity index (χ0) is 35.9. The van der Waals surface area contributed by atoms with E-state index in [9.17, 15) is 14.3 Å². The number of nitrogens with zero attached hydrogens (tertiary/aromatic N) is 5. The van der Waals surface area contributed by atoms with E-state index in [1.54, 1.807) is 30.1 Å². The van der Waals surface area contributed by atoms with Gasteiger partial charge in [0.15, 0.2) is 11.5 Å². The fraction of sp³-hybridized carbons (Fsp3) is 0.385. The second-order valence-electron chi connectivity index (χ2n) is 12.8. The van der Waals surface area contributed by atoms with Gasteiger partial charge >= 0.3 is 0 Å². The standard InChI is InChI=1S/C39H46FN5O6/c1-42(38(47)29-22-35(48-2)37(50-4)36(23-29)49-3)24-28(27-10-12-30(40)13-11-27)16-19-43-17-7-18-44(21-20-43)39-41-33-8-5-6-9-34(33)45(39)25-31-14-15-32(26-46)51-31/h5-6,8-15,22-23,28,46H,7,16-21,24-26H2,1-4H3/t28-/m0/s1. The van der Waals surface area contributed by atoms with E-state index in [-0.39, 0.29) is 24.2 Å². The minimum absolute atomic E-state index is 0.0257. The minimum atomic E-state index is -0.293. The largest absolute Gasteiger partial charge is 0.493 e. The third kappa shape index (κ3) is 8.13. The molecule has 3 aromatic carbocycles. The Morgan fingerprint density at radius 1 is 0.941 bits per heavy atom. The summed E-state index contributed by atoms with van der Waals surface area (Å²) in [4.78, 5) is 25.3. The molecule has 270 valence electrons. The molecule has 6 rings (SSSR count). The van der Waals surface area contributed by atoms with Gasteiger partial charge in [-0.05, 0) is 80.0 Å². The van der Waals surface area contributed by atoms with E-state index in [0.717, 1.165) is 73.9 Å². The van der Waals surface area contributed by atoms with Crippen molar-refractivity contribution in [2.45, 2.75) is 31.9 Å². The van der Waals surface area contributed by atoms with Crippen LogP contribution in [-0.2, 0) is 13.2 Å². The van der Waals surface area contributed by atoms with E-state index in [1.165, 1.54) is 33.5 Å². The molecule has 0 spiro atoms. The summed E-state index contributed by atoms with van der Waals surface area (Å²) in [5.41, 5.74) is 3.36. The molecular weight excluding hydrogens is 653 g/mol. The molecule has 1 atom stereocenters. The Morgan fingerprint density at radius 3 is 2.35 bits per heavy atom. The van der Waals surface area contributed by atoms with Gasteiger partial charge < -0.3 is 43.0 Å². The molecule has 3 heterocycles. The number of benzene rings is 3. The van der Waals surface area contributed by atoms with Gasteiger partial charge in [-0.2, -0.15) is 0 Å². The molecule has 1 saturated heterocycles. The van der Waals surface area contributed by atoms with Crippen LogP contribution in [0.15, 0.2) is 77.2 Å². The SMILES string of the molecule is COc1cc(C(=O)N(C)C[C@H](CCN2CCCN(c3nc4ccccc4n3Cc3ccc(CO)o3)CC2)c2ccc(F)cc2)cc(OC)c1OC. The number of halogens is 1. The van der Waals surface area contributed by atoms with Crippen LogP contribution in [0.4, 0.5) is 10.3 Å². The Labute approximate surface area is 297 Å². The van der Waals surface area contributed by atoms with Gasteiger partial charge in [0.2, 0.25) is 11.7 Å². The predicted molar refractivity (Wildman–Crippen MR) is 194 cm³/mol. The first-order valence-electron chi connectivity index (χ1n) is 17.2. The number of furan rings is 1. The Bertz CT molecular complexity index is 1900. The molecule has 1 aliphatic heterocycles. The molecule has 1 fully saturated rings. The molecule has 5 aromatic rings. The van der Waals surface area contributed by atoms with E-state index < -0.39 is 0 Å². The van der Waals surface area contributed by atoms with Gasteiger partial charge in [-0.3, -0.25) is 4.79 Å². The van der Waals surface area contributed by atoms with Gasteiger partial charge in [-0.15, -0.1) is 0 Å². The molecule has 0 saturated carbocycles. The Balaban J connectivity index is 1.15. The summed E-state index contributed by atoms with van der Waals surface area (Å²) in [6.07, 6.45) is 1.74. The van der Waals surface area contributed by atoms with Crippen molar-refractivity contribution >= 4 is 22.9 Å². The second kappa shape index (κ2) is 16.3. The normalized spacial score (nSPS) is 14.4. The maximum Gasteiger partial charge on any atom is 0.253 e. The number of methoxy groups -OCH3 is 3. The molecule has 12 heteroatoms. The molecule has 0 bridgehead atoms. The first-order chi connectivity index (χ1) is 24.8. The van der Waals surface area contributed by atoms with Crippen LogP contribution in [0.1, 0.15) is 46.2 Å². The molecule has 0 aliphatic carbocycles. The fourth-order valence-electron chi connectivity index (χ4n) is 6.88. The highest BCUT2D eigenvalue weighted by atomic mass is 19.1. The Hall–Kier alpha value is -5.07. The highest BCUT2D eigenvalue weighted by Crippen LogP contribution is 2.38. The van der Waals surface area contributed by atoms with Gasteiger partial charge in [0, 0.05) is 44.7 Å². The maximum absolute atomic E-state index is 14.0. The lowest BCUT2D eigenvalue weighted by molar-refractivity contribution is 0.0782. The number of carbonyl (C=O) groups is 1. The fourth-order valence-corrected chi connectivity index (χ4v) is 6.88. The number of para-hydroxylation sites is 2. The zero-order valence-electron chi connectivity index (χ0n) is 29.7. The molecule has 51 heavy (non-hydrogen) atoms. The number of carbonyl (C=O) groups excluding carboxylic acids is 1. The van der Waals surface area contributed by atoms with Crippen molar-refractivity contribution in [2.24, 2.45) is 0 Å². The van der Waals surface area contributed by atoms with Gasteiger partial charge in [-0.25, -0.2) is 9.37 Å². The number of likely N-dealkylation sites (N-methyl/N-ethyl adjacent to an activating group) is 1. The quantitative estimate of drug-likeness (QED) is 0.154. The van der Waals surface area contributed by atoms with Crippen molar-refractivity contribution in [3.63, 3.8) is 0 Å². The summed E-state index contributed by atoms with van der Waals surface area (Å²) in [6.45, 7) is 5.04. The number of amides is 1. The van der Waals surface area contributed by atoms with Crippen LogP contribution < -0.4 is 19.1 Å². The van der Waals surface area contributed by atoms with Crippen LogP contribution in [-0.4, -0.2) is 98.0 Å². The third-order valence-electron chi connectivity index (χ3n) is 9.58. The van der Waals surface area contributed by atoms with E-state index >= 15 is 0 Å². The lowest BCUT2D eigenvalue weighted by atomic mass is 9.94. The maximum atomic E-state index is 14.0. The smallest absolute Gasteiger partial charge is 0.253 e. The van der Waals surface area contributed by atoms with Crippen LogP contribution in [0.25, 0.3) is 11.0 Å². The number of hydrogen-bond donors (Lipinski definition) is 1. The Morgan fingerprint density at radius 2 is 1.67 bits per heavy atom. The van der Waals surface area contributed by atoms with Crippen molar-refractivity contribution in [1.29, 1.82) is 0 Å². The molecule has 1 N–H and O–H groups in total. The van der Waals surface area contributed by atoms with Crippen LogP contribution in [0.3, 0.4) is 0 Å². The van der Waals surface area contributed by atoms with Crippen molar-refractivity contribution in [1.82, 2.24) is 19.4 Å². The minimum Gasteiger partial charge on any atom is -0.493 e. The van der Waals surface area contributed by atoms with E-state index in [2.05, 4.69) is 20.4 Å². The van der Waals surface area contributed by atoms with E-state index in [4.69, 9.17) is 23.6 Å². The number of imidazole rings is 1. The number of ether oxygens (including phenoxy) is 3. The Kier molecular flexibility index (Phi) is 11.4. The number of aromatic nitrogens is 2. The third-order valence-corrected chi connectivity index (χ3v) is 9.58. The average Bonchev–Trinajstić information content (AvgIpc) is 3.69. The number of aliphatic hydroxyl groups excluding tert-OH is 1. The molecule has 0 unspecified atom stereocenters. The highest BCUT2D eigenvalue weighted by molar-refractivity contribution is 5.95. The summed E-state index contributed by atoms with van der Waals surface area (Å²) < 4.78 is 38.4. The van der Waals surface area contributed by atoms with Crippen LogP contribution in [0.2, 0.25) is 0 Å². The predicted octanol–water partition coefficient (Wildman–Crippen LogP) is 5.79. The van der Waals surface area contributed by atoms with Gasteiger partial charge in [0.05, 0.1) is 38.9 Å². The summed E-state index contributed by atoms with van der Waals surface area (Å²) >= 11 is 0. The van der Waals surface area contributed by atoms with Crippen molar-refractivity contribution < 1.29 is 32.9 Å². The number of hydrogen-bond acceptors (Lipinski definition) is 9. The van der Waals surface area contributed by atoms with Crippen molar-refractivity contribution in [3.05, 3.63) is 101 Å². The molecule has 1 amide bonds. The summed E-state index contributed by atoms with van der Waals surface area (Å²) in [6, 6.07) is 21.7. The lowest BCUT2D eigenvalue weighted by Gasteiger charge is -2.28. The average molecular weight is 700 g/mol. The first kappa shape index (κ1) is 35.7. The first-order valence-corrected chi connectivity index (χ1v) is 17.2. The number of anilines is 1. The highest BCUT2D eigenvalue weighted by Gasteiger charge is 2.25. The molecule has 2 aromatic heterocycles. The zero-order valence-corrected chi connectivity index (χ0v) is 29.7. The molecule has 1 aliphatic rings. The summed E-state index contributed by atoms with van der Waals surface area (Å²) in [5, 5.41) is 9.51. The van der Waals surface area contributed by atoms with E-state index in [0.29, 0.717) is 41.7 Å². The lowest BCUT2D eigenvalue weighted by Crippen LogP contribution is -2.35. The molecule has 11 nitrogen and oxygen atoms in total. The van der Waals surface area contributed by atoms with Gasteiger partial charge in [0.25, 0.3) is 5.91 Å². The van der Waals surface area contributed by atoms with Crippen LogP contribution in [0, 0.1) is 5.82 Å². The number of rotatable bonds is 14. The second-order valence-corrected chi connectivity index (χ2v) is 12.8. The van der Waals surface area contributed by atoms with Crippen molar-refractivity contribution in [2.75, 3.05) is 72.5 Å². The van der Waals surface area contributed by atoms with Gasteiger partial charge in [-0.1, -0.05) is 24.3 Å². The van der Waals surface area contributed by atoms with Crippen molar-refractivity contribution in [3.8, 4) is 17.2 Å². The molecular formula is C39H46FN5O6. The van der Waals surface area contributed by atoms with Crippen LogP contribution in [0.5, 0.6) is 17.2 Å².